The van der Waals surface area contributed by atoms with Crippen LogP contribution >= 0.6 is 0 Å². The van der Waals surface area contributed by atoms with Gasteiger partial charge in [-0.1, -0.05) is 6.04 Å². The van der Waals surface area contributed by atoms with Gasteiger partial charge in [0.1, 0.15) is 11.5 Å². The molecular formula is C20H22O6. The first-order valence-electron chi connectivity index (χ1n) is 9.65. The predicted octanol–water partition coefficient (Wildman–Crippen LogP) is 2.69. The molecule has 0 saturated carbocycles. The van der Waals surface area contributed by atoms with Gasteiger partial charge in [0.15, 0.2) is 11.5 Å². The van der Waals surface area contributed by atoms with E-state index in [9.17, 15) is 15.0 Å². The van der Waals surface area contributed by atoms with E-state index in [2.05, 4.69) is 0 Å². The minimum absolute atomic E-state index is 0.0248. The molecule has 0 unspecified atom stereocenters. The number of carbonyl (C=O) groups excluding carboxylic acids is 1. The van der Waals surface area contributed by atoms with E-state index in [4.69, 9.17) is 18.3 Å². The quantitative estimate of drug-likeness (QED) is 0.770. The van der Waals surface area contributed by atoms with Gasteiger partial charge >= 0.3 is 5.97 Å². The molecule has 3 rings (SSSR count). The van der Waals surface area contributed by atoms with Gasteiger partial charge in [-0.15, -0.1) is 0 Å². The molecule has 0 bridgehead atoms. The topological polar surface area (TPSA) is 85.2 Å². The maximum Gasteiger partial charge on any atom is 0.309 e. The molecule has 6 heteroatoms. The first-order valence-corrected chi connectivity index (χ1v) is 8.15. The number of hydrogen-bond acceptors (Lipinski definition) is 6. The zero-order chi connectivity index (χ0) is 21.3. The molecule has 1 aliphatic rings. The van der Waals surface area contributed by atoms with Crippen LogP contribution in [-0.2, 0) is 22.4 Å². The highest BCUT2D eigenvalue weighted by Gasteiger charge is 2.37. The summed E-state index contributed by atoms with van der Waals surface area (Å²) < 4.78 is 40.3. The summed E-state index contributed by atoms with van der Waals surface area (Å²) in [4.78, 5) is 12.3. The summed E-state index contributed by atoms with van der Waals surface area (Å²) in [7, 11) is 2.71. The molecule has 1 saturated heterocycles. The first-order chi connectivity index (χ1) is 13.8. The summed E-state index contributed by atoms with van der Waals surface area (Å²) >= 11 is 0. The summed E-state index contributed by atoms with van der Waals surface area (Å²) in [6.07, 6.45) is 0.401. The first kappa shape index (κ1) is 14.3. The minimum Gasteiger partial charge on any atom is -0.508 e. The van der Waals surface area contributed by atoms with E-state index in [1.807, 2.05) is 0 Å². The Balaban J connectivity index is 1.92. The number of carbonyl (C=O) groups is 1. The highest BCUT2D eigenvalue weighted by molar-refractivity contribution is 5.75. The van der Waals surface area contributed by atoms with Crippen molar-refractivity contribution in [1.29, 1.82) is 0 Å². The molecule has 2 N–H and O–H groups in total. The van der Waals surface area contributed by atoms with E-state index in [1.54, 1.807) is 0 Å². The standard InChI is InChI=1S/C20H22O6/c1-24-18-4-3-12(9-19(18)25-2)5-14-11-26-20(23)17(14)8-13-6-15(21)10-16(22)7-13/h3-4,6-7,9-10,14,17,21-22H,5,8,11H2,1-2H3/t14-,17+/m0/s1/i3D,4D,9D. The van der Waals surface area contributed by atoms with Crippen LogP contribution in [0.5, 0.6) is 23.0 Å². The lowest BCUT2D eigenvalue weighted by Crippen LogP contribution is -2.20. The van der Waals surface area contributed by atoms with Crippen LogP contribution < -0.4 is 9.47 Å². The fourth-order valence-corrected chi connectivity index (χ4v) is 3.15. The molecule has 1 heterocycles. The van der Waals surface area contributed by atoms with Crippen molar-refractivity contribution in [2.45, 2.75) is 12.8 Å². The monoisotopic (exact) mass is 361 g/mol. The van der Waals surface area contributed by atoms with Crippen LogP contribution in [0.3, 0.4) is 0 Å². The van der Waals surface area contributed by atoms with Crippen molar-refractivity contribution in [2.75, 3.05) is 20.8 Å². The molecule has 2 aromatic carbocycles. The van der Waals surface area contributed by atoms with E-state index >= 15 is 0 Å². The highest BCUT2D eigenvalue weighted by atomic mass is 16.5. The average molecular weight is 361 g/mol. The van der Waals surface area contributed by atoms with Gasteiger partial charge in [-0.2, -0.15) is 0 Å². The van der Waals surface area contributed by atoms with Gasteiger partial charge in [-0.3, -0.25) is 4.79 Å². The van der Waals surface area contributed by atoms with Gasteiger partial charge in [0.25, 0.3) is 0 Å². The van der Waals surface area contributed by atoms with Crippen molar-refractivity contribution in [3.05, 3.63) is 47.5 Å². The molecule has 1 fully saturated rings. The Morgan fingerprint density at radius 2 is 1.77 bits per heavy atom. The van der Waals surface area contributed by atoms with E-state index < -0.39 is 11.9 Å². The van der Waals surface area contributed by atoms with Crippen LogP contribution in [0, 0.1) is 11.8 Å². The zero-order valence-electron chi connectivity index (χ0n) is 17.5. The number of cyclic esters (lactones) is 1. The maximum absolute atomic E-state index is 12.3. The molecule has 0 amide bonds. The molecule has 2 atom stereocenters. The van der Waals surface area contributed by atoms with Crippen molar-refractivity contribution in [2.24, 2.45) is 11.8 Å². The normalized spacial score (nSPS) is 20.8. The number of aromatic hydroxyl groups is 2. The van der Waals surface area contributed by atoms with Gasteiger partial charge < -0.3 is 24.4 Å². The summed E-state index contributed by atoms with van der Waals surface area (Å²) in [5.74, 6) is -1.44. The summed E-state index contributed by atoms with van der Waals surface area (Å²) in [6, 6.07) is 3.74. The number of rotatable bonds is 6. The van der Waals surface area contributed by atoms with E-state index in [-0.39, 0.29) is 72.1 Å². The molecule has 0 spiro atoms. The van der Waals surface area contributed by atoms with Crippen molar-refractivity contribution in [3.63, 3.8) is 0 Å². The van der Waals surface area contributed by atoms with E-state index in [0.29, 0.717) is 5.56 Å². The van der Waals surface area contributed by atoms with Crippen LogP contribution in [0.1, 0.15) is 15.2 Å². The largest absolute Gasteiger partial charge is 0.508 e. The second-order valence-electron chi connectivity index (χ2n) is 6.18. The van der Waals surface area contributed by atoms with Crippen LogP contribution in [0.15, 0.2) is 36.3 Å². The van der Waals surface area contributed by atoms with Crippen LogP contribution in [0.2, 0.25) is 0 Å². The lowest BCUT2D eigenvalue weighted by atomic mass is 9.85. The third-order valence-corrected chi connectivity index (χ3v) is 4.40. The SMILES string of the molecule is [2H]c1c([2H])c(OC)c(OC)c([2H])c1C[C@H]1COC(=O)[C@@H]1Cc1cc(O)cc(O)c1. The Morgan fingerprint density at radius 3 is 2.42 bits per heavy atom. The lowest BCUT2D eigenvalue weighted by Gasteiger charge is -2.17. The summed E-state index contributed by atoms with van der Waals surface area (Å²) in [6.45, 7) is 0.120. The molecule has 1 aliphatic heterocycles. The van der Waals surface area contributed by atoms with Crippen molar-refractivity contribution < 1.29 is 33.3 Å². The van der Waals surface area contributed by atoms with Crippen molar-refractivity contribution >= 4 is 5.97 Å². The van der Waals surface area contributed by atoms with Crippen molar-refractivity contribution in [3.8, 4) is 23.0 Å². The number of esters is 1. The Kier molecular flexibility index (Phi) is 4.16. The van der Waals surface area contributed by atoms with Crippen LogP contribution in [0.25, 0.3) is 0 Å². The zero-order valence-corrected chi connectivity index (χ0v) is 14.5. The molecule has 0 radical (unpaired) electrons. The fourth-order valence-electron chi connectivity index (χ4n) is 3.15. The third-order valence-electron chi connectivity index (χ3n) is 4.40. The lowest BCUT2D eigenvalue weighted by molar-refractivity contribution is -0.141. The van der Waals surface area contributed by atoms with E-state index in [1.165, 1.54) is 32.4 Å². The number of hydrogen-bond donors (Lipinski definition) is 2. The summed E-state index contributed by atoms with van der Waals surface area (Å²) in [5.41, 5.74) is 0.849. The van der Waals surface area contributed by atoms with Gasteiger partial charge in [0, 0.05) is 12.0 Å². The van der Waals surface area contributed by atoms with Gasteiger partial charge in [0.05, 0.1) is 30.9 Å². The van der Waals surface area contributed by atoms with Crippen molar-refractivity contribution in [1.82, 2.24) is 0 Å². The second-order valence-corrected chi connectivity index (χ2v) is 6.18. The number of methoxy groups -OCH3 is 2. The molecule has 2 aromatic rings. The maximum atomic E-state index is 12.3. The third kappa shape index (κ3) is 3.85. The Hall–Kier alpha value is -2.89. The average Bonchev–Trinajstić information content (AvgIpc) is 3.00. The van der Waals surface area contributed by atoms with Gasteiger partial charge in [-0.25, -0.2) is 0 Å². The molecular weight excluding hydrogens is 336 g/mol. The molecule has 6 nitrogen and oxygen atoms in total. The summed E-state index contributed by atoms with van der Waals surface area (Å²) in [5, 5.41) is 19.3. The number of phenols is 2. The second kappa shape index (κ2) is 7.56. The Labute approximate surface area is 156 Å². The Bertz CT molecular complexity index is 926. The number of phenolic OH excluding ortho intramolecular Hbond substituents is 2. The molecule has 138 valence electrons. The Morgan fingerprint density at radius 1 is 1.08 bits per heavy atom. The van der Waals surface area contributed by atoms with Crippen LogP contribution in [-0.4, -0.2) is 37.0 Å². The molecule has 0 aromatic heterocycles. The van der Waals surface area contributed by atoms with E-state index in [0.717, 1.165) is 0 Å². The molecule has 0 aliphatic carbocycles. The minimum atomic E-state index is -0.572. The van der Waals surface area contributed by atoms with Gasteiger partial charge in [-0.05, 0) is 48.2 Å². The highest BCUT2D eigenvalue weighted by Crippen LogP contribution is 2.33. The van der Waals surface area contributed by atoms with Gasteiger partial charge in [0.2, 0.25) is 0 Å². The van der Waals surface area contributed by atoms with Crippen LogP contribution in [0.4, 0.5) is 0 Å². The predicted molar refractivity (Wildman–Crippen MR) is 94.7 cm³/mol. The number of ether oxygens (including phenoxy) is 3. The smallest absolute Gasteiger partial charge is 0.309 e. The molecule has 26 heavy (non-hydrogen) atoms. The number of benzene rings is 2. The fraction of sp³-hybridized carbons (Fsp3) is 0.350.